The first-order chi connectivity index (χ1) is 12.3. The van der Waals surface area contributed by atoms with Crippen LogP contribution in [0.5, 0.6) is 11.5 Å². The first-order valence-corrected chi connectivity index (χ1v) is 9.83. The molecule has 1 aliphatic rings. The molecule has 1 heterocycles. The molecule has 1 aromatic carbocycles. The predicted molar refractivity (Wildman–Crippen MR) is 101 cm³/mol. The van der Waals surface area contributed by atoms with Gasteiger partial charge in [0.1, 0.15) is 13.2 Å². The van der Waals surface area contributed by atoms with Gasteiger partial charge in [-0.2, -0.15) is 0 Å². The molecule has 0 radical (unpaired) electrons. The maximum absolute atomic E-state index is 5.88. The fourth-order valence-electron chi connectivity index (χ4n) is 2.89. The van der Waals surface area contributed by atoms with Gasteiger partial charge in [0.2, 0.25) is 0 Å². The second-order valence-electron chi connectivity index (χ2n) is 6.82. The monoisotopic (exact) mass is 350 g/mol. The van der Waals surface area contributed by atoms with Gasteiger partial charge in [0.25, 0.3) is 0 Å². The summed E-state index contributed by atoms with van der Waals surface area (Å²) in [6, 6.07) is 6.30. The summed E-state index contributed by atoms with van der Waals surface area (Å²) in [5, 5.41) is 0. The number of unbranched alkanes of at least 4 members (excludes halogenated alkanes) is 2. The van der Waals surface area contributed by atoms with Crippen LogP contribution in [-0.4, -0.2) is 39.6 Å². The van der Waals surface area contributed by atoms with Crippen LogP contribution in [-0.2, 0) is 15.9 Å². The Morgan fingerprint density at radius 1 is 0.840 bits per heavy atom. The number of benzene rings is 1. The summed E-state index contributed by atoms with van der Waals surface area (Å²) in [5.74, 6) is 2.47. The molecule has 4 heteroatoms. The second-order valence-corrected chi connectivity index (χ2v) is 6.82. The summed E-state index contributed by atoms with van der Waals surface area (Å²) in [7, 11) is 0. The molecule has 0 saturated carbocycles. The van der Waals surface area contributed by atoms with Gasteiger partial charge in [0.15, 0.2) is 11.5 Å². The third-order valence-electron chi connectivity index (χ3n) is 4.71. The highest BCUT2D eigenvalue weighted by Crippen LogP contribution is 2.29. The average Bonchev–Trinajstić information content (AvgIpc) is 2.62. The van der Waals surface area contributed by atoms with E-state index >= 15 is 0 Å². The number of hydrogen-bond donors (Lipinski definition) is 0. The molecule has 1 aliphatic heterocycles. The Kier molecular flexibility index (Phi) is 9.75. The molecule has 1 aromatic rings. The van der Waals surface area contributed by atoms with E-state index in [1.165, 1.54) is 37.7 Å². The first-order valence-electron chi connectivity index (χ1n) is 9.83. The molecule has 0 aliphatic carbocycles. The highest BCUT2D eigenvalue weighted by Gasteiger charge is 2.08. The molecule has 1 unspecified atom stereocenters. The topological polar surface area (TPSA) is 36.9 Å². The van der Waals surface area contributed by atoms with Gasteiger partial charge in [-0.3, -0.25) is 0 Å². The zero-order valence-corrected chi connectivity index (χ0v) is 15.9. The van der Waals surface area contributed by atoms with Crippen LogP contribution >= 0.6 is 0 Å². The lowest BCUT2D eigenvalue weighted by atomic mass is 9.99. The molecule has 142 valence electrons. The molecular formula is C21H34O4. The van der Waals surface area contributed by atoms with E-state index in [-0.39, 0.29) is 0 Å². The van der Waals surface area contributed by atoms with Gasteiger partial charge in [-0.15, -0.1) is 0 Å². The smallest absolute Gasteiger partial charge is 0.161 e. The Bertz CT molecular complexity index is 475. The number of aryl methyl sites for hydroxylation is 1. The Labute approximate surface area is 152 Å². The minimum atomic E-state index is 0.533. The summed E-state index contributed by atoms with van der Waals surface area (Å²) in [6.45, 7) is 8.04. The highest BCUT2D eigenvalue weighted by atomic mass is 16.6. The molecule has 2 rings (SSSR count). The van der Waals surface area contributed by atoms with E-state index in [1.54, 1.807) is 0 Å². The SMILES string of the molecule is CCC(C)CCCCCc1ccc2c(c1)OCCOCCOCCO2. The summed E-state index contributed by atoms with van der Waals surface area (Å²) < 4.78 is 22.6. The van der Waals surface area contributed by atoms with Gasteiger partial charge < -0.3 is 18.9 Å². The predicted octanol–water partition coefficient (Wildman–Crippen LogP) is 4.64. The largest absolute Gasteiger partial charge is 0.487 e. The van der Waals surface area contributed by atoms with Gasteiger partial charge in [-0.05, 0) is 36.5 Å². The minimum Gasteiger partial charge on any atom is -0.487 e. The molecule has 1 atom stereocenters. The molecule has 25 heavy (non-hydrogen) atoms. The van der Waals surface area contributed by atoms with Crippen LogP contribution in [0.2, 0.25) is 0 Å². The maximum atomic E-state index is 5.88. The number of fused-ring (bicyclic) bond motifs is 1. The fourth-order valence-corrected chi connectivity index (χ4v) is 2.89. The van der Waals surface area contributed by atoms with E-state index in [4.69, 9.17) is 18.9 Å². The number of rotatable bonds is 7. The summed E-state index contributed by atoms with van der Waals surface area (Å²) in [6.07, 6.45) is 7.58. The van der Waals surface area contributed by atoms with Crippen molar-refractivity contribution in [1.82, 2.24) is 0 Å². The zero-order chi connectivity index (χ0) is 17.7. The van der Waals surface area contributed by atoms with E-state index in [0.717, 1.165) is 23.8 Å². The number of hydrogen-bond acceptors (Lipinski definition) is 4. The van der Waals surface area contributed by atoms with Crippen molar-refractivity contribution in [2.75, 3.05) is 39.6 Å². The molecule has 0 saturated heterocycles. The second kappa shape index (κ2) is 12.2. The van der Waals surface area contributed by atoms with Gasteiger partial charge in [0, 0.05) is 0 Å². The summed E-state index contributed by atoms with van der Waals surface area (Å²) in [4.78, 5) is 0. The third-order valence-corrected chi connectivity index (χ3v) is 4.71. The van der Waals surface area contributed by atoms with Crippen LogP contribution in [0, 0.1) is 5.92 Å². The van der Waals surface area contributed by atoms with Crippen molar-refractivity contribution >= 4 is 0 Å². The van der Waals surface area contributed by atoms with Crippen molar-refractivity contribution in [2.45, 2.75) is 52.4 Å². The summed E-state index contributed by atoms with van der Waals surface area (Å²) in [5.41, 5.74) is 1.31. The van der Waals surface area contributed by atoms with Crippen molar-refractivity contribution in [3.63, 3.8) is 0 Å². The zero-order valence-electron chi connectivity index (χ0n) is 15.9. The average molecular weight is 350 g/mol. The quantitative estimate of drug-likeness (QED) is 0.671. The summed E-state index contributed by atoms with van der Waals surface area (Å²) >= 11 is 0. The lowest BCUT2D eigenvalue weighted by molar-refractivity contribution is 0.0223. The normalized spacial score (nSPS) is 17.4. The van der Waals surface area contributed by atoms with Crippen molar-refractivity contribution in [3.05, 3.63) is 23.8 Å². The van der Waals surface area contributed by atoms with E-state index in [1.807, 2.05) is 6.07 Å². The standard InChI is InChI=1S/C21H34O4/c1-3-18(2)7-5-4-6-8-19-9-10-20-21(17-19)25-16-14-23-12-11-22-13-15-24-20/h9-10,17-18H,3-8,11-16H2,1-2H3. The lowest BCUT2D eigenvalue weighted by Crippen LogP contribution is -2.15. The Hall–Kier alpha value is -1.26. The van der Waals surface area contributed by atoms with E-state index in [9.17, 15) is 0 Å². The van der Waals surface area contributed by atoms with Crippen molar-refractivity contribution < 1.29 is 18.9 Å². The molecule has 0 amide bonds. The van der Waals surface area contributed by atoms with Crippen LogP contribution in [0.25, 0.3) is 0 Å². The van der Waals surface area contributed by atoms with Gasteiger partial charge >= 0.3 is 0 Å². The maximum Gasteiger partial charge on any atom is 0.161 e. The van der Waals surface area contributed by atoms with Crippen LogP contribution in [0.3, 0.4) is 0 Å². The van der Waals surface area contributed by atoms with Crippen molar-refractivity contribution in [2.24, 2.45) is 5.92 Å². The van der Waals surface area contributed by atoms with Gasteiger partial charge in [0.05, 0.1) is 26.4 Å². The fraction of sp³-hybridized carbons (Fsp3) is 0.714. The lowest BCUT2D eigenvalue weighted by Gasteiger charge is -2.16. The Balaban J connectivity index is 1.83. The molecular weight excluding hydrogens is 316 g/mol. The molecule has 0 N–H and O–H groups in total. The van der Waals surface area contributed by atoms with Crippen LogP contribution < -0.4 is 9.47 Å². The Morgan fingerprint density at radius 3 is 2.24 bits per heavy atom. The van der Waals surface area contributed by atoms with Gasteiger partial charge in [-0.1, -0.05) is 45.6 Å². The Morgan fingerprint density at radius 2 is 1.52 bits per heavy atom. The molecule has 0 aromatic heterocycles. The van der Waals surface area contributed by atoms with Crippen LogP contribution in [0.1, 0.15) is 51.5 Å². The molecule has 0 fully saturated rings. The van der Waals surface area contributed by atoms with E-state index in [2.05, 4.69) is 26.0 Å². The van der Waals surface area contributed by atoms with Crippen LogP contribution in [0.15, 0.2) is 18.2 Å². The van der Waals surface area contributed by atoms with Crippen molar-refractivity contribution in [3.8, 4) is 11.5 Å². The van der Waals surface area contributed by atoms with E-state index < -0.39 is 0 Å². The minimum absolute atomic E-state index is 0.533. The highest BCUT2D eigenvalue weighted by molar-refractivity contribution is 5.43. The molecule has 4 nitrogen and oxygen atoms in total. The van der Waals surface area contributed by atoms with Crippen molar-refractivity contribution in [1.29, 1.82) is 0 Å². The molecule has 0 bridgehead atoms. The third kappa shape index (κ3) is 8.10. The first kappa shape index (κ1) is 20.1. The van der Waals surface area contributed by atoms with Gasteiger partial charge in [-0.25, -0.2) is 0 Å². The van der Waals surface area contributed by atoms with Crippen LogP contribution in [0.4, 0.5) is 0 Å². The number of ether oxygens (including phenoxy) is 4. The molecule has 0 spiro atoms. The van der Waals surface area contributed by atoms with E-state index in [0.29, 0.717) is 39.6 Å².